The van der Waals surface area contributed by atoms with E-state index < -0.39 is 0 Å². The van der Waals surface area contributed by atoms with E-state index in [4.69, 9.17) is 16.3 Å². The summed E-state index contributed by atoms with van der Waals surface area (Å²) in [5, 5.41) is 4.22. The van der Waals surface area contributed by atoms with Gasteiger partial charge in [0.1, 0.15) is 0 Å². The van der Waals surface area contributed by atoms with Gasteiger partial charge in [0, 0.05) is 17.5 Å². The number of carbonyl (C=O) groups excluding carboxylic acids is 1. The highest BCUT2D eigenvalue weighted by atomic mass is 35.5. The van der Waals surface area contributed by atoms with Crippen LogP contribution in [0.3, 0.4) is 0 Å². The fraction of sp³-hybridized carbons (Fsp3) is 0.500. The molecule has 98 valence electrons. The van der Waals surface area contributed by atoms with Gasteiger partial charge in [-0.3, -0.25) is 4.79 Å². The van der Waals surface area contributed by atoms with Crippen LogP contribution in [0.25, 0.3) is 0 Å². The maximum absolute atomic E-state index is 11.4. The van der Waals surface area contributed by atoms with Gasteiger partial charge in [-0.25, -0.2) is 0 Å². The second-order valence-electron chi connectivity index (χ2n) is 4.44. The molecule has 1 unspecified atom stereocenters. The lowest BCUT2D eigenvalue weighted by Crippen LogP contribution is -2.30. The molecule has 0 aromatic heterocycles. The summed E-state index contributed by atoms with van der Waals surface area (Å²) in [6, 6.07) is 6.22. The Balaban J connectivity index is 2.01. The first-order valence-electron chi connectivity index (χ1n) is 6.38. The molecule has 1 atom stereocenters. The summed E-state index contributed by atoms with van der Waals surface area (Å²) in [7, 11) is 0. The fourth-order valence-corrected chi connectivity index (χ4v) is 2.57. The molecule has 0 bridgehead atoms. The van der Waals surface area contributed by atoms with E-state index in [-0.39, 0.29) is 12.0 Å². The van der Waals surface area contributed by atoms with Crippen molar-refractivity contribution < 1.29 is 9.53 Å². The first kappa shape index (κ1) is 13.4. The number of halogens is 1. The van der Waals surface area contributed by atoms with E-state index in [9.17, 15) is 4.79 Å². The highest BCUT2D eigenvalue weighted by Gasteiger charge is 2.20. The maximum Gasteiger partial charge on any atom is 0.305 e. The number of fused-ring (bicyclic) bond motifs is 1. The summed E-state index contributed by atoms with van der Waals surface area (Å²) in [5.41, 5.74) is 2.55. The lowest BCUT2D eigenvalue weighted by Gasteiger charge is -2.27. The van der Waals surface area contributed by atoms with Crippen LogP contribution in [0.15, 0.2) is 18.2 Å². The molecule has 1 aliphatic rings. The molecule has 18 heavy (non-hydrogen) atoms. The average molecular weight is 268 g/mol. The minimum absolute atomic E-state index is 0.125. The molecule has 0 radical (unpaired) electrons. The molecule has 1 aromatic carbocycles. The first-order valence-corrected chi connectivity index (χ1v) is 6.76. The van der Waals surface area contributed by atoms with Crippen LogP contribution >= 0.6 is 11.6 Å². The van der Waals surface area contributed by atoms with Gasteiger partial charge in [0.2, 0.25) is 0 Å². The van der Waals surface area contributed by atoms with Gasteiger partial charge < -0.3 is 10.1 Å². The van der Waals surface area contributed by atoms with Gasteiger partial charge in [-0.2, -0.15) is 0 Å². The van der Waals surface area contributed by atoms with Crippen LogP contribution in [0.1, 0.15) is 36.9 Å². The van der Waals surface area contributed by atoms with E-state index in [2.05, 4.69) is 11.4 Å². The fourth-order valence-electron chi connectivity index (χ4n) is 2.37. The third kappa shape index (κ3) is 3.24. The van der Waals surface area contributed by atoms with E-state index in [0.717, 1.165) is 24.4 Å². The predicted molar refractivity (Wildman–Crippen MR) is 71.8 cm³/mol. The van der Waals surface area contributed by atoms with Crippen molar-refractivity contribution >= 4 is 17.6 Å². The Kier molecular flexibility index (Phi) is 4.61. The molecule has 0 aliphatic carbocycles. The van der Waals surface area contributed by atoms with Gasteiger partial charge in [0.25, 0.3) is 0 Å². The number of benzene rings is 1. The van der Waals surface area contributed by atoms with Crippen molar-refractivity contribution in [3.8, 4) is 0 Å². The number of hydrogen-bond donors (Lipinski definition) is 1. The molecule has 0 amide bonds. The second kappa shape index (κ2) is 6.21. The minimum Gasteiger partial charge on any atom is -0.466 e. The molecule has 0 fully saturated rings. The van der Waals surface area contributed by atoms with E-state index >= 15 is 0 Å². The zero-order valence-corrected chi connectivity index (χ0v) is 11.3. The highest BCUT2D eigenvalue weighted by Crippen LogP contribution is 2.28. The molecule has 1 aliphatic heterocycles. The van der Waals surface area contributed by atoms with Crippen LogP contribution in [0, 0.1) is 0 Å². The Morgan fingerprint density at radius 3 is 3.17 bits per heavy atom. The van der Waals surface area contributed by atoms with E-state index in [0.29, 0.717) is 13.0 Å². The highest BCUT2D eigenvalue weighted by molar-refractivity contribution is 6.30. The molecule has 1 heterocycles. The van der Waals surface area contributed by atoms with Crippen LogP contribution < -0.4 is 5.32 Å². The van der Waals surface area contributed by atoms with Crippen LogP contribution in [0.5, 0.6) is 0 Å². The zero-order valence-electron chi connectivity index (χ0n) is 10.5. The smallest absolute Gasteiger partial charge is 0.305 e. The Labute approximate surface area is 112 Å². The molecule has 0 saturated carbocycles. The third-order valence-electron chi connectivity index (χ3n) is 3.21. The topological polar surface area (TPSA) is 38.3 Å². The van der Waals surface area contributed by atoms with Crippen LogP contribution in [0.4, 0.5) is 0 Å². The quantitative estimate of drug-likeness (QED) is 0.853. The second-order valence-corrected chi connectivity index (χ2v) is 4.88. The molecule has 1 aromatic rings. The number of nitrogens with one attached hydrogen (secondary N) is 1. The van der Waals surface area contributed by atoms with Gasteiger partial charge in [-0.05, 0) is 49.6 Å². The van der Waals surface area contributed by atoms with Crippen molar-refractivity contribution in [3.63, 3.8) is 0 Å². The average Bonchev–Trinajstić information content (AvgIpc) is 2.36. The summed E-state index contributed by atoms with van der Waals surface area (Å²) in [6.45, 7) is 3.21. The van der Waals surface area contributed by atoms with Crippen molar-refractivity contribution in [2.45, 2.75) is 32.2 Å². The minimum atomic E-state index is -0.125. The zero-order chi connectivity index (χ0) is 13.0. The molecular formula is C14H18ClNO2. The number of carbonyl (C=O) groups is 1. The number of ether oxygens (including phenoxy) is 1. The standard InChI is InChI=1S/C14H18ClNO2/c1-2-18-14(17)6-5-13-12-4-3-11(15)9-10(12)7-8-16-13/h3-4,9,13,16H,2,5-8H2,1H3. The van der Waals surface area contributed by atoms with Crippen molar-refractivity contribution in [3.05, 3.63) is 34.3 Å². The molecule has 1 N–H and O–H groups in total. The van der Waals surface area contributed by atoms with Crippen LogP contribution in [0.2, 0.25) is 5.02 Å². The Hall–Kier alpha value is -1.06. The number of hydrogen-bond acceptors (Lipinski definition) is 3. The van der Waals surface area contributed by atoms with Crippen molar-refractivity contribution in [2.75, 3.05) is 13.2 Å². The number of esters is 1. The maximum atomic E-state index is 11.4. The predicted octanol–water partition coefficient (Wildman–Crippen LogP) is 2.87. The number of rotatable bonds is 4. The Bertz CT molecular complexity index is 434. The van der Waals surface area contributed by atoms with Crippen molar-refractivity contribution in [2.24, 2.45) is 0 Å². The van der Waals surface area contributed by atoms with Gasteiger partial charge in [0.05, 0.1) is 6.61 Å². The van der Waals surface area contributed by atoms with Gasteiger partial charge in [0.15, 0.2) is 0 Å². The first-order chi connectivity index (χ1) is 8.70. The summed E-state index contributed by atoms with van der Waals surface area (Å²) in [6.07, 6.45) is 2.22. The summed E-state index contributed by atoms with van der Waals surface area (Å²) in [4.78, 5) is 11.4. The van der Waals surface area contributed by atoms with Crippen molar-refractivity contribution in [1.82, 2.24) is 5.32 Å². The summed E-state index contributed by atoms with van der Waals surface area (Å²) in [5.74, 6) is -0.125. The van der Waals surface area contributed by atoms with Gasteiger partial charge in [-0.15, -0.1) is 0 Å². The summed E-state index contributed by atoms with van der Waals surface area (Å²) < 4.78 is 4.95. The lowest BCUT2D eigenvalue weighted by atomic mass is 9.92. The van der Waals surface area contributed by atoms with E-state index in [1.54, 1.807) is 0 Å². The van der Waals surface area contributed by atoms with Gasteiger partial charge >= 0.3 is 5.97 Å². The molecular weight excluding hydrogens is 250 g/mol. The molecule has 3 nitrogen and oxygen atoms in total. The third-order valence-corrected chi connectivity index (χ3v) is 3.44. The Morgan fingerprint density at radius 1 is 1.56 bits per heavy atom. The molecule has 0 saturated heterocycles. The molecule has 2 rings (SSSR count). The SMILES string of the molecule is CCOC(=O)CCC1NCCc2cc(Cl)ccc21. The molecule has 4 heteroatoms. The van der Waals surface area contributed by atoms with Crippen LogP contribution in [-0.2, 0) is 16.0 Å². The van der Waals surface area contributed by atoms with E-state index in [1.807, 2.05) is 19.1 Å². The normalized spacial score (nSPS) is 18.2. The van der Waals surface area contributed by atoms with Crippen molar-refractivity contribution in [1.29, 1.82) is 0 Å². The largest absolute Gasteiger partial charge is 0.466 e. The van der Waals surface area contributed by atoms with E-state index in [1.165, 1.54) is 11.1 Å². The van der Waals surface area contributed by atoms with Gasteiger partial charge in [-0.1, -0.05) is 17.7 Å². The van der Waals surface area contributed by atoms with Crippen LogP contribution in [-0.4, -0.2) is 19.1 Å². The monoisotopic (exact) mass is 267 g/mol. The Morgan fingerprint density at radius 2 is 2.39 bits per heavy atom. The summed E-state index contributed by atoms with van der Waals surface area (Å²) >= 11 is 6.00. The lowest BCUT2D eigenvalue weighted by molar-refractivity contribution is -0.143. The molecule has 0 spiro atoms.